The molecule has 0 bridgehead atoms. The van der Waals surface area contributed by atoms with Crippen LogP contribution in [-0.4, -0.2) is 19.2 Å². The van der Waals surface area contributed by atoms with Gasteiger partial charge in [-0.1, -0.05) is 18.2 Å². The van der Waals surface area contributed by atoms with Crippen LogP contribution in [0.4, 0.5) is 0 Å². The van der Waals surface area contributed by atoms with Crippen LogP contribution in [0, 0.1) is 7.14 Å². The van der Waals surface area contributed by atoms with Crippen molar-refractivity contribution in [3.05, 3.63) is 77.9 Å². The van der Waals surface area contributed by atoms with E-state index in [1.54, 1.807) is 13.2 Å². The topological polar surface area (TPSA) is 54.0 Å². The summed E-state index contributed by atoms with van der Waals surface area (Å²) in [6, 6.07) is 15.2. The van der Waals surface area contributed by atoms with Gasteiger partial charge in [-0.25, -0.2) is 4.79 Å². The molecular weight excluding hydrogens is 622 g/mol. The molecule has 0 radical (unpaired) electrons. The monoisotopic (exact) mass is 640 g/mol. The van der Waals surface area contributed by atoms with Gasteiger partial charge in [-0.15, -0.1) is 0 Å². The molecular formula is C24H18I2O5. The van der Waals surface area contributed by atoms with Crippen LogP contribution < -0.4 is 14.2 Å². The summed E-state index contributed by atoms with van der Waals surface area (Å²) in [5.74, 6) is 2.25. The quantitative estimate of drug-likeness (QED) is 0.250. The van der Waals surface area contributed by atoms with Crippen molar-refractivity contribution in [2.75, 3.05) is 7.11 Å². The van der Waals surface area contributed by atoms with Crippen molar-refractivity contribution in [1.29, 1.82) is 0 Å². The van der Waals surface area contributed by atoms with Crippen molar-refractivity contribution in [2.45, 2.75) is 25.6 Å². The number of benzene rings is 3. The normalized spacial score (nSPS) is 18.2. The zero-order chi connectivity index (χ0) is 21.9. The maximum Gasteiger partial charge on any atom is 0.340 e. The van der Waals surface area contributed by atoms with Crippen LogP contribution in [0.2, 0.25) is 0 Å². The molecule has 0 aromatic heterocycles. The SMILES string of the molecule is COc1cc2c(cc1I)C1(OC(=O)c3ccccc31)c1cc(I)c(OC(C)C)cc1O2. The van der Waals surface area contributed by atoms with E-state index in [2.05, 4.69) is 45.2 Å². The standard InChI is InChI=1S/C24H18I2O5/c1-12(2)29-22-11-20-16(9-18(22)26)24(14-7-5-4-6-13(14)23(27)31-24)15-8-17(25)21(28-3)10-19(15)30-20/h4-12H,1-3H3. The van der Waals surface area contributed by atoms with E-state index >= 15 is 0 Å². The predicted molar refractivity (Wildman–Crippen MR) is 132 cm³/mol. The van der Waals surface area contributed by atoms with Gasteiger partial charge in [0.05, 0.1) is 25.9 Å². The van der Waals surface area contributed by atoms with Crippen LogP contribution in [0.15, 0.2) is 48.5 Å². The van der Waals surface area contributed by atoms with Crippen LogP contribution >= 0.6 is 45.2 Å². The maximum absolute atomic E-state index is 12.9. The summed E-state index contributed by atoms with van der Waals surface area (Å²) >= 11 is 4.47. The molecule has 1 unspecified atom stereocenters. The molecule has 0 aliphatic carbocycles. The minimum Gasteiger partial charge on any atom is -0.496 e. The Morgan fingerprint density at radius 2 is 1.52 bits per heavy atom. The number of carbonyl (C=O) groups is 1. The highest BCUT2D eigenvalue weighted by molar-refractivity contribution is 14.1. The Labute approximate surface area is 207 Å². The van der Waals surface area contributed by atoms with Crippen LogP contribution in [0.3, 0.4) is 0 Å². The number of halogens is 2. The Balaban J connectivity index is 1.84. The minimum atomic E-state index is -1.10. The molecule has 0 amide bonds. The summed E-state index contributed by atoms with van der Waals surface area (Å²) in [5, 5.41) is 0. The fraction of sp³-hybridized carbons (Fsp3) is 0.208. The van der Waals surface area contributed by atoms with E-state index in [0.717, 1.165) is 29.6 Å². The Kier molecular flexibility index (Phi) is 5.08. The molecule has 0 N–H and O–H groups in total. The fourth-order valence-electron chi connectivity index (χ4n) is 4.17. The highest BCUT2D eigenvalue weighted by atomic mass is 127. The summed E-state index contributed by atoms with van der Waals surface area (Å²) < 4.78 is 25.9. The molecule has 7 heteroatoms. The molecule has 3 aromatic rings. The first kappa shape index (κ1) is 20.9. The highest BCUT2D eigenvalue weighted by Gasteiger charge is 2.54. The summed E-state index contributed by atoms with van der Waals surface area (Å²) in [7, 11) is 1.62. The van der Waals surface area contributed by atoms with Crippen LogP contribution in [-0.2, 0) is 10.3 Å². The molecule has 158 valence electrons. The molecule has 2 aliphatic heterocycles. The van der Waals surface area contributed by atoms with E-state index in [4.69, 9.17) is 18.9 Å². The van der Waals surface area contributed by atoms with Crippen molar-refractivity contribution in [1.82, 2.24) is 0 Å². The first-order chi connectivity index (χ1) is 14.8. The van der Waals surface area contributed by atoms with Crippen LogP contribution in [0.5, 0.6) is 23.0 Å². The first-order valence-corrected chi connectivity index (χ1v) is 11.9. The van der Waals surface area contributed by atoms with Gasteiger partial charge >= 0.3 is 5.97 Å². The average Bonchev–Trinajstić information content (AvgIpc) is 3.03. The second-order valence-electron chi connectivity index (χ2n) is 7.65. The lowest BCUT2D eigenvalue weighted by atomic mass is 9.77. The lowest BCUT2D eigenvalue weighted by Gasteiger charge is -2.37. The van der Waals surface area contributed by atoms with Gasteiger partial charge in [0.2, 0.25) is 0 Å². The van der Waals surface area contributed by atoms with Gasteiger partial charge in [0.15, 0.2) is 5.60 Å². The van der Waals surface area contributed by atoms with Gasteiger partial charge in [0, 0.05) is 28.8 Å². The molecule has 3 aromatic carbocycles. The second kappa shape index (κ2) is 7.54. The number of ether oxygens (including phenoxy) is 4. The average molecular weight is 640 g/mol. The Morgan fingerprint density at radius 3 is 2.16 bits per heavy atom. The molecule has 1 atom stereocenters. The summed E-state index contributed by atoms with van der Waals surface area (Å²) in [6.07, 6.45) is 0.0168. The Morgan fingerprint density at radius 1 is 0.903 bits per heavy atom. The number of esters is 1. The molecule has 2 heterocycles. The molecule has 5 rings (SSSR count). The number of methoxy groups -OCH3 is 1. The minimum absolute atomic E-state index is 0.0168. The maximum atomic E-state index is 12.9. The zero-order valence-electron chi connectivity index (χ0n) is 17.0. The Bertz CT molecular complexity index is 1240. The molecule has 0 fully saturated rings. The molecule has 0 saturated carbocycles. The lowest BCUT2D eigenvalue weighted by molar-refractivity contribution is 0.0223. The third kappa shape index (κ3) is 3.11. The molecule has 1 spiro atoms. The van der Waals surface area contributed by atoms with Crippen molar-refractivity contribution < 1.29 is 23.7 Å². The van der Waals surface area contributed by atoms with Gasteiger partial charge in [-0.05, 0) is 77.2 Å². The van der Waals surface area contributed by atoms with E-state index in [9.17, 15) is 4.79 Å². The molecule has 31 heavy (non-hydrogen) atoms. The zero-order valence-corrected chi connectivity index (χ0v) is 21.3. The van der Waals surface area contributed by atoms with Gasteiger partial charge in [-0.3, -0.25) is 0 Å². The Hall–Kier alpha value is -2.01. The first-order valence-electron chi connectivity index (χ1n) is 9.74. The second-order valence-corrected chi connectivity index (χ2v) is 9.97. The number of fused-ring (bicyclic) bond motifs is 6. The summed E-state index contributed by atoms with van der Waals surface area (Å²) in [6.45, 7) is 3.96. The predicted octanol–water partition coefficient (Wildman–Crippen LogP) is 6.26. The molecule has 2 aliphatic rings. The third-order valence-electron chi connectivity index (χ3n) is 5.40. The fourth-order valence-corrected chi connectivity index (χ4v) is 5.45. The van der Waals surface area contributed by atoms with Crippen molar-refractivity contribution >= 4 is 51.2 Å². The van der Waals surface area contributed by atoms with Crippen molar-refractivity contribution in [3.63, 3.8) is 0 Å². The summed E-state index contributed by atoms with van der Waals surface area (Å²) in [5.41, 5.74) is 1.82. The smallest absolute Gasteiger partial charge is 0.340 e. The van der Waals surface area contributed by atoms with Crippen molar-refractivity contribution in [3.8, 4) is 23.0 Å². The number of carbonyl (C=O) groups excluding carboxylic acids is 1. The van der Waals surface area contributed by atoms with Gasteiger partial charge in [0.1, 0.15) is 23.0 Å². The third-order valence-corrected chi connectivity index (χ3v) is 7.09. The van der Waals surface area contributed by atoms with E-state index in [-0.39, 0.29) is 12.1 Å². The highest BCUT2D eigenvalue weighted by Crippen LogP contribution is 2.58. The van der Waals surface area contributed by atoms with E-state index < -0.39 is 5.60 Å². The number of hydrogen-bond acceptors (Lipinski definition) is 5. The van der Waals surface area contributed by atoms with Gasteiger partial charge < -0.3 is 18.9 Å². The van der Waals surface area contributed by atoms with Crippen LogP contribution in [0.1, 0.15) is 40.9 Å². The van der Waals surface area contributed by atoms with Gasteiger partial charge in [0.25, 0.3) is 0 Å². The van der Waals surface area contributed by atoms with E-state index in [1.165, 1.54) is 0 Å². The van der Waals surface area contributed by atoms with E-state index in [0.29, 0.717) is 22.8 Å². The molecule has 5 nitrogen and oxygen atoms in total. The van der Waals surface area contributed by atoms with Crippen LogP contribution in [0.25, 0.3) is 0 Å². The van der Waals surface area contributed by atoms with Gasteiger partial charge in [-0.2, -0.15) is 0 Å². The summed E-state index contributed by atoms with van der Waals surface area (Å²) in [4.78, 5) is 12.9. The van der Waals surface area contributed by atoms with E-state index in [1.807, 2.05) is 56.3 Å². The lowest BCUT2D eigenvalue weighted by Crippen LogP contribution is -2.33. The molecule has 0 saturated heterocycles. The van der Waals surface area contributed by atoms with Crippen molar-refractivity contribution in [2.24, 2.45) is 0 Å². The number of hydrogen-bond donors (Lipinski definition) is 0. The largest absolute Gasteiger partial charge is 0.496 e. The number of rotatable bonds is 3.